The van der Waals surface area contributed by atoms with Crippen molar-refractivity contribution in [2.75, 3.05) is 17.6 Å². The van der Waals surface area contributed by atoms with Gasteiger partial charge in [0.15, 0.2) is 5.13 Å². The van der Waals surface area contributed by atoms with Gasteiger partial charge in [-0.15, -0.1) is 0 Å². The molecule has 1 amide bonds. The lowest BCUT2D eigenvalue weighted by Gasteiger charge is -2.27. The summed E-state index contributed by atoms with van der Waals surface area (Å²) in [7, 11) is 0. The monoisotopic (exact) mass is 296 g/mol. The van der Waals surface area contributed by atoms with E-state index < -0.39 is 0 Å². The maximum atomic E-state index is 12.7. The number of nitrogens with one attached hydrogen (secondary N) is 1. The fourth-order valence-electron chi connectivity index (χ4n) is 2.75. The summed E-state index contributed by atoms with van der Waals surface area (Å²) in [5.74, 6) is 0.397. The number of likely N-dealkylation sites (tertiary alicyclic amines) is 1. The molecule has 1 saturated heterocycles. The van der Waals surface area contributed by atoms with Gasteiger partial charge in [-0.3, -0.25) is 4.79 Å². The maximum absolute atomic E-state index is 12.7. The number of anilines is 2. The van der Waals surface area contributed by atoms with Gasteiger partial charge in [-0.1, -0.05) is 25.2 Å². The van der Waals surface area contributed by atoms with Crippen LogP contribution in [0.2, 0.25) is 0 Å². The highest BCUT2D eigenvalue weighted by Gasteiger charge is 2.35. The van der Waals surface area contributed by atoms with Crippen LogP contribution in [0.1, 0.15) is 56.1 Å². The number of nitrogens with two attached hydrogens (primary N) is 1. The predicted molar refractivity (Wildman–Crippen MR) is 84.3 cm³/mol. The molecule has 2 atom stereocenters. The average molecular weight is 296 g/mol. The Labute approximate surface area is 124 Å². The first-order chi connectivity index (χ1) is 9.58. The minimum Gasteiger partial charge on any atom is -0.382 e. The van der Waals surface area contributed by atoms with Crippen molar-refractivity contribution in [3.8, 4) is 0 Å². The number of carbonyl (C=O) groups is 1. The van der Waals surface area contributed by atoms with Gasteiger partial charge in [0.1, 0.15) is 10.7 Å². The molecule has 2 heterocycles. The van der Waals surface area contributed by atoms with Crippen LogP contribution in [0.3, 0.4) is 0 Å². The second-order valence-electron chi connectivity index (χ2n) is 5.36. The van der Waals surface area contributed by atoms with Crippen molar-refractivity contribution >= 4 is 28.2 Å². The van der Waals surface area contributed by atoms with Crippen LogP contribution >= 0.6 is 11.3 Å². The highest BCUT2D eigenvalue weighted by Crippen LogP contribution is 2.32. The second kappa shape index (κ2) is 6.43. The Morgan fingerprint density at radius 1 is 1.50 bits per heavy atom. The van der Waals surface area contributed by atoms with Gasteiger partial charge in [0, 0.05) is 18.6 Å². The number of amides is 1. The van der Waals surface area contributed by atoms with Gasteiger partial charge in [-0.2, -0.15) is 0 Å². The third kappa shape index (κ3) is 2.90. The van der Waals surface area contributed by atoms with Crippen molar-refractivity contribution in [2.45, 2.75) is 58.5 Å². The van der Waals surface area contributed by atoms with E-state index in [0.29, 0.717) is 22.8 Å². The van der Waals surface area contributed by atoms with Crippen LogP contribution in [0.25, 0.3) is 0 Å². The Kier molecular flexibility index (Phi) is 4.86. The van der Waals surface area contributed by atoms with Crippen LogP contribution < -0.4 is 11.1 Å². The fourth-order valence-corrected chi connectivity index (χ4v) is 3.60. The minimum atomic E-state index is 0.0430. The highest BCUT2D eigenvalue weighted by atomic mass is 32.1. The number of nitrogen functional groups attached to an aromatic ring is 1. The number of thiazole rings is 1. The Balaban J connectivity index is 2.17. The molecule has 0 aliphatic carbocycles. The van der Waals surface area contributed by atoms with Crippen molar-refractivity contribution in [3.05, 3.63) is 4.88 Å². The van der Waals surface area contributed by atoms with Gasteiger partial charge in [-0.05, 0) is 32.6 Å². The quantitative estimate of drug-likeness (QED) is 0.876. The summed E-state index contributed by atoms with van der Waals surface area (Å²) in [6.45, 7) is 7.18. The SMILES string of the molecule is CCCNc1nc(N)c(C(=O)N2C(C)CCC2CC)s1. The minimum absolute atomic E-state index is 0.0430. The van der Waals surface area contributed by atoms with E-state index in [1.807, 2.05) is 4.90 Å². The second-order valence-corrected chi connectivity index (χ2v) is 6.36. The van der Waals surface area contributed by atoms with E-state index in [1.54, 1.807) is 0 Å². The molecule has 0 aromatic carbocycles. The van der Waals surface area contributed by atoms with Crippen molar-refractivity contribution in [1.82, 2.24) is 9.88 Å². The standard InChI is InChI=1S/C14H24N4OS/c1-4-8-16-14-17-12(15)11(20-14)13(19)18-9(3)6-7-10(18)5-2/h9-10H,4-8,15H2,1-3H3,(H,16,17). The molecule has 5 nitrogen and oxygen atoms in total. The molecule has 0 spiro atoms. The van der Waals surface area contributed by atoms with Gasteiger partial charge in [-0.25, -0.2) is 4.98 Å². The van der Waals surface area contributed by atoms with Crippen LogP contribution in [-0.2, 0) is 0 Å². The van der Waals surface area contributed by atoms with Crippen LogP contribution in [0.5, 0.6) is 0 Å². The lowest BCUT2D eigenvalue weighted by molar-refractivity contribution is 0.0682. The zero-order valence-corrected chi connectivity index (χ0v) is 13.3. The summed E-state index contributed by atoms with van der Waals surface area (Å²) in [4.78, 5) is 19.6. The van der Waals surface area contributed by atoms with Gasteiger partial charge >= 0.3 is 0 Å². The molecular weight excluding hydrogens is 272 g/mol. The summed E-state index contributed by atoms with van der Waals surface area (Å²) in [5.41, 5.74) is 5.93. The molecule has 0 bridgehead atoms. The molecule has 0 saturated carbocycles. The lowest BCUT2D eigenvalue weighted by Crippen LogP contribution is -2.39. The molecule has 112 valence electrons. The maximum Gasteiger partial charge on any atom is 0.268 e. The summed E-state index contributed by atoms with van der Waals surface area (Å²) >= 11 is 1.37. The highest BCUT2D eigenvalue weighted by molar-refractivity contribution is 7.18. The summed E-state index contributed by atoms with van der Waals surface area (Å²) in [6, 6.07) is 0.632. The third-order valence-corrected chi connectivity index (χ3v) is 4.88. The topological polar surface area (TPSA) is 71.2 Å². The summed E-state index contributed by atoms with van der Waals surface area (Å²) in [5, 5.41) is 3.94. The Morgan fingerprint density at radius 2 is 2.25 bits per heavy atom. The molecule has 1 aliphatic rings. The molecule has 2 rings (SSSR count). The molecule has 1 aliphatic heterocycles. The average Bonchev–Trinajstić information content (AvgIpc) is 2.98. The first-order valence-corrected chi connectivity index (χ1v) is 8.22. The van der Waals surface area contributed by atoms with Crippen LogP contribution in [0.4, 0.5) is 10.9 Å². The fraction of sp³-hybridized carbons (Fsp3) is 0.714. The first kappa shape index (κ1) is 15.1. The molecule has 1 aromatic rings. The van der Waals surface area contributed by atoms with Crippen LogP contribution in [-0.4, -0.2) is 34.4 Å². The Hall–Kier alpha value is -1.30. The van der Waals surface area contributed by atoms with E-state index in [4.69, 9.17) is 5.73 Å². The van der Waals surface area contributed by atoms with Crippen molar-refractivity contribution in [1.29, 1.82) is 0 Å². The zero-order valence-electron chi connectivity index (χ0n) is 12.5. The summed E-state index contributed by atoms with van der Waals surface area (Å²) < 4.78 is 0. The van der Waals surface area contributed by atoms with Crippen LogP contribution in [0, 0.1) is 0 Å². The summed E-state index contributed by atoms with van der Waals surface area (Å²) in [6.07, 6.45) is 4.17. The van der Waals surface area contributed by atoms with E-state index in [-0.39, 0.29) is 5.91 Å². The number of aromatic nitrogens is 1. The van der Waals surface area contributed by atoms with Crippen molar-refractivity contribution in [3.63, 3.8) is 0 Å². The molecule has 1 fully saturated rings. The smallest absolute Gasteiger partial charge is 0.268 e. The van der Waals surface area contributed by atoms with Crippen LogP contribution in [0.15, 0.2) is 0 Å². The largest absolute Gasteiger partial charge is 0.382 e. The normalized spacial score (nSPS) is 22.2. The molecule has 2 unspecified atom stereocenters. The molecule has 1 aromatic heterocycles. The molecule has 6 heteroatoms. The number of hydrogen-bond donors (Lipinski definition) is 2. The van der Waals surface area contributed by atoms with E-state index in [9.17, 15) is 4.79 Å². The van der Waals surface area contributed by atoms with Crippen molar-refractivity contribution in [2.24, 2.45) is 0 Å². The van der Waals surface area contributed by atoms with Gasteiger partial charge in [0.05, 0.1) is 0 Å². The molecule has 20 heavy (non-hydrogen) atoms. The third-order valence-electron chi connectivity index (χ3n) is 3.87. The Bertz CT molecular complexity index is 474. The van der Waals surface area contributed by atoms with E-state index in [1.165, 1.54) is 11.3 Å². The van der Waals surface area contributed by atoms with Gasteiger partial charge in [0.25, 0.3) is 5.91 Å². The first-order valence-electron chi connectivity index (χ1n) is 7.41. The zero-order chi connectivity index (χ0) is 14.7. The predicted octanol–water partition coefficient (Wildman–Crippen LogP) is 2.95. The van der Waals surface area contributed by atoms with E-state index in [0.717, 1.165) is 37.4 Å². The number of nitrogens with zero attached hydrogens (tertiary/aromatic N) is 2. The number of carbonyl (C=O) groups excluding carboxylic acids is 1. The lowest BCUT2D eigenvalue weighted by atomic mass is 10.1. The molecule has 3 N–H and O–H groups in total. The molecule has 0 radical (unpaired) electrons. The van der Waals surface area contributed by atoms with Gasteiger partial charge < -0.3 is 16.0 Å². The van der Waals surface area contributed by atoms with Crippen molar-refractivity contribution < 1.29 is 4.79 Å². The number of rotatable bonds is 5. The Morgan fingerprint density at radius 3 is 2.90 bits per heavy atom. The van der Waals surface area contributed by atoms with Gasteiger partial charge in [0.2, 0.25) is 0 Å². The van der Waals surface area contributed by atoms with E-state index in [2.05, 4.69) is 31.1 Å². The van der Waals surface area contributed by atoms with E-state index >= 15 is 0 Å². The molecular formula is C14H24N4OS. The number of hydrogen-bond acceptors (Lipinski definition) is 5.